The first-order valence-corrected chi connectivity index (χ1v) is 21.5. The van der Waals surface area contributed by atoms with Gasteiger partial charge in [-0.1, -0.05) is 167 Å². The molecule has 0 spiro atoms. The van der Waals surface area contributed by atoms with Crippen LogP contribution in [0.25, 0.3) is 0 Å². The van der Waals surface area contributed by atoms with Gasteiger partial charge in [0.2, 0.25) is 0 Å². The lowest BCUT2D eigenvalue weighted by Crippen LogP contribution is -2.29. The highest BCUT2D eigenvalue weighted by atomic mass is 31.2. The Labute approximate surface area is 295 Å². The van der Waals surface area contributed by atoms with E-state index in [0.717, 1.165) is 51.4 Å². The number of esters is 2. The van der Waals surface area contributed by atoms with Gasteiger partial charge in [0.05, 0.1) is 6.61 Å². The van der Waals surface area contributed by atoms with Gasteiger partial charge in [0.15, 0.2) is 6.10 Å². The molecule has 2 N–H and O–H groups in total. The van der Waals surface area contributed by atoms with Gasteiger partial charge in [-0.2, -0.15) is 0 Å². The molecule has 0 amide bonds. The molecular weight excluding hydrogens is 627 g/mol. The van der Waals surface area contributed by atoms with E-state index in [1.807, 2.05) is 0 Å². The number of carbonyl (C=O) groups excluding carboxylic acids is 2. The Morgan fingerprint density at radius 3 is 1.27 bits per heavy atom. The van der Waals surface area contributed by atoms with Crippen molar-refractivity contribution >= 4 is 19.8 Å². The van der Waals surface area contributed by atoms with E-state index >= 15 is 0 Å². The zero-order chi connectivity index (χ0) is 35.4. The van der Waals surface area contributed by atoms with Gasteiger partial charge in [-0.05, 0) is 38.5 Å². The Morgan fingerprint density at radius 2 is 0.875 bits per heavy atom. The predicted octanol–water partition coefficient (Wildman–Crippen LogP) is 11.8. The van der Waals surface area contributed by atoms with Crippen LogP contribution in [0.4, 0.5) is 0 Å². The van der Waals surface area contributed by atoms with Crippen LogP contribution >= 0.6 is 7.82 Å². The van der Waals surface area contributed by atoms with Crippen molar-refractivity contribution in [3.8, 4) is 0 Å². The maximum atomic E-state index is 12.4. The lowest BCUT2D eigenvalue weighted by molar-refractivity contribution is -0.161. The SMILES string of the molecule is CCCCCCC/C=C\CCCCCCCC(=O)O[C@H](COC(=O)CCCCCCCCCCCCCCCCCC)COP(=O)(O)O. The van der Waals surface area contributed by atoms with Crippen molar-refractivity contribution in [1.29, 1.82) is 0 Å². The molecule has 0 aliphatic carbocycles. The van der Waals surface area contributed by atoms with Gasteiger partial charge < -0.3 is 19.3 Å². The average Bonchev–Trinajstić information content (AvgIpc) is 3.05. The van der Waals surface area contributed by atoms with E-state index in [-0.39, 0.29) is 19.4 Å². The van der Waals surface area contributed by atoms with E-state index in [1.165, 1.54) is 122 Å². The Balaban J connectivity index is 3.91. The lowest BCUT2D eigenvalue weighted by atomic mass is 10.0. The molecule has 1 atom stereocenters. The van der Waals surface area contributed by atoms with Crippen LogP contribution in [-0.4, -0.2) is 41.0 Å². The van der Waals surface area contributed by atoms with E-state index in [4.69, 9.17) is 19.3 Å². The molecular formula is C39H75O8P. The van der Waals surface area contributed by atoms with Gasteiger partial charge >= 0.3 is 19.8 Å². The summed E-state index contributed by atoms with van der Waals surface area (Å²) in [5.74, 6) is -0.885. The van der Waals surface area contributed by atoms with Crippen LogP contribution in [0, 0.1) is 0 Å². The van der Waals surface area contributed by atoms with Crippen molar-refractivity contribution in [2.24, 2.45) is 0 Å². The summed E-state index contributed by atoms with van der Waals surface area (Å²) in [5, 5.41) is 0. The van der Waals surface area contributed by atoms with Crippen molar-refractivity contribution in [2.45, 2.75) is 213 Å². The van der Waals surface area contributed by atoms with Gasteiger partial charge in [0, 0.05) is 12.8 Å². The molecule has 0 rings (SSSR count). The molecule has 0 aromatic rings. The second-order valence-electron chi connectivity index (χ2n) is 13.6. The molecule has 284 valence electrons. The minimum Gasteiger partial charge on any atom is -0.462 e. The standard InChI is InChI=1S/C39H75O8P/c1-3-5-7-9-11-13-15-17-19-20-22-23-25-27-29-31-33-38(40)45-35-37(36-46-48(42,43)44)47-39(41)34-32-30-28-26-24-21-18-16-14-12-10-8-6-4-2/h16,18,37H,3-15,17,19-36H2,1-2H3,(H2,42,43,44)/b18-16-/t37-/m1/s1. The Kier molecular flexibility index (Phi) is 34.7. The maximum absolute atomic E-state index is 12.4. The first kappa shape index (κ1) is 46.8. The summed E-state index contributed by atoms with van der Waals surface area (Å²) >= 11 is 0. The molecule has 0 saturated carbocycles. The summed E-state index contributed by atoms with van der Waals surface area (Å²) in [6.45, 7) is 3.68. The molecule has 8 nitrogen and oxygen atoms in total. The largest absolute Gasteiger partial charge is 0.469 e. The van der Waals surface area contributed by atoms with Crippen LogP contribution in [0.2, 0.25) is 0 Å². The van der Waals surface area contributed by atoms with Crippen LogP contribution in [-0.2, 0) is 28.2 Å². The smallest absolute Gasteiger partial charge is 0.462 e. The third-order valence-electron chi connectivity index (χ3n) is 8.78. The zero-order valence-corrected chi connectivity index (χ0v) is 32.0. The highest BCUT2D eigenvalue weighted by Gasteiger charge is 2.22. The number of rotatable bonds is 37. The highest BCUT2D eigenvalue weighted by Crippen LogP contribution is 2.36. The van der Waals surface area contributed by atoms with E-state index < -0.39 is 32.5 Å². The van der Waals surface area contributed by atoms with Crippen molar-refractivity contribution in [1.82, 2.24) is 0 Å². The van der Waals surface area contributed by atoms with Crippen molar-refractivity contribution < 1.29 is 37.9 Å². The topological polar surface area (TPSA) is 119 Å². The number of phosphoric ester groups is 1. The summed E-state index contributed by atoms with van der Waals surface area (Å²) in [6.07, 6.45) is 37.9. The fourth-order valence-corrected chi connectivity index (χ4v) is 6.14. The number of hydrogen-bond donors (Lipinski definition) is 2. The minimum absolute atomic E-state index is 0.206. The van der Waals surface area contributed by atoms with E-state index in [0.29, 0.717) is 6.42 Å². The average molecular weight is 703 g/mol. The monoisotopic (exact) mass is 703 g/mol. The number of carbonyl (C=O) groups is 2. The van der Waals surface area contributed by atoms with Gasteiger partial charge in [0.1, 0.15) is 6.61 Å². The maximum Gasteiger partial charge on any atom is 0.469 e. The Morgan fingerprint density at radius 1 is 0.521 bits per heavy atom. The van der Waals surface area contributed by atoms with E-state index in [9.17, 15) is 14.2 Å². The molecule has 0 aromatic heterocycles. The van der Waals surface area contributed by atoms with Crippen molar-refractivity contribution in [3.05, 3.63) is 12.2 Å². The molecule has 0 bridgehead atoms. The Hall–Kier alpha value is -1.21. The summed E-state index contributed by atoms with van der Waals surface area (Å²) in [5.41, 5.74) is 0. The molecule has 48 heavy (non-hydrogen) atoms. The highest BCUT2D eigenvalue weighted by molar-refractivity contribution is 7.46. The summed E-state index contributed by atoms with van der Waals surface area (Å²) in [6, 6.07) is 0. The van der Waals surface area contributed by atoms with Crippen molar-refractivity contribution in [2.75, 3.05) is 13.2 Å². The van der Waals surface area contributed by atoms with Gasteiger partial charge in [-0.25, -0.2) is 4.57 Å². The van der Waals surface area contributed by atoms with E-state index in [2.05, 4.69) is 30.5 Å². The fourth-order valence-electron chi connectivity index (χ4n) is 5.78. The number of allylic oxidation sites excluding steroid dienone is 2. The molecule has 0 aromatic carbocycles. The second kappa shape index (κ2) is 35.6. The third kappa shape index (κ3) is 37.6. The first-order chi connectivity index (χ1) is 23.3. The first-order valence-electron chi connectivity index (χ1n) is 20.0. The predicted molar refractivity (Wildman–Crippen MR) is 198 cm³/mol. The lowest BCUT2D eigenvalue weighted by Gasteiger charge is -2.18. The molecule has 0 saturated heterocycles. The van der Waals surface area contributed by atoms with Gasteiger partial charge in [-0.15, -0.1) is 0 Å². The Bertz CT molecular complexity index is 797. The summed E-state index contributed by atoms with van der Waals surface area (Å²) in [7, 11) is -4.75. The number of phosphoric acid groups is 1. The molecule has 9 heteroatoms. The number of ether oxygens (including phenoxy) is 2. The van der Waals surface area contributed by atoms with Crippen molar-refractivity contribution in [3.63, 3.8) is 0 Å². The number of unbranched alkanes of at least 4 members (excludes halogenated alkanes) is 25. The third-order valence-corrected chi connectivity index (χ3v) is 9.27. The van der Waals surface area contributed by atoms with Crippen LogP contribution in [0.15, 0.2) is 12.2 Å². The fraction of sp³-hybridized carbons (Fsp3) is 0.897. The molecule has 0 aliphatic heterocycles. The summed E-state index contributed by atoms with van der Waals surface area (Å²) < 4.78 is 26.3. The second-order valence-corrected chi connectivity index (χ2v) is 14.9. The quantitative estimate of drug-likeness (QED) is 0.0284. The van der Waals surface area contributed by atoms with Crippen LogP contribution in [0.1, 0.15) is 206 Å². The normalized spacial score (nSPS) is 12.5. The molecule has 0 aliphatic rings. The van der Waals surface area contributed by atoms with Crippen LogP contribution in [0.5, 0.6) is 0 Å². The minimum atomic E-state index is -4.75. The number of hydrogen-bond acceptors (Lipinski definition) is 6. The van der Waals surface area contributed by atoms with Gasteiger partial charge in [0.25, 0.3) is 0 Å². The van der Waals surface area contributed by atoms with Gasteiger partial charge in [-0.3, -0.25) is 14.1 Å². The molecule has 0 radical (unpaired) electrons. The molecule has 0 unspecified atom stereocenters. The van der Waals surface area contributed by atoms with Crippen LogP contribution < -0.4 is 0 Å². The van der Waals surface area contributed by atoms with E-state index in [1.54, 1.807) is 0 Å². The van der Waals surface area contributed by atoms with Crippen LogP contribution in [0.3, 0.4) is 0 Å². The summed E-state index contributed by atoms with van der Waals surface area (Å²) in [4.78, 5) is 42.7. The molecule has 0 fully saturated rings. The molecule has 0 heterocycles. The zero-order valence-electron chi connectivity index (χ0n) is 31.2.